The summed E-state index contributed by atoms with van der Waals surface area (Å²) in [5.74, 6) is -4.32. The molecule has 2 heterocycles. The lowest BCUT2D eigenvalue weighted by atomic mass is 9.84. The number of carbonyl (C=O) groups is 6. The van der Waals surface area contributed by atoms with Crippen molar-refractivity contribution in [2.45, 2.75) is 90.5 Å². The molecule has 2 aliphatic rings. The molecule has 0 spiro atoms. The molecule has 0 radical (unpaired) electrons. The standard InChI is InChI=1S/C24H33BO15/c1-10(26)32-8-18-16(34-12(3)28)7-17(35-13(4)29)24(39-18)40-20-19(9-33-11(2)27)38-23(25)22(37-15(6)31)21(20)36-14(5)30/h7,17-24H,8-9,25H2,1-6H3. The lowest BCUT2D eigenvalue weighted by molar-refractivity contribution is -0.301. The summed E-state index contributed by atoms with van der Waals surface area (Å²) in [6, 6.07) is -0.836. The SMILES string of the molecule is BC1OC(COC(C)=O)C(OC2OC(COC(C)=O)C(OC(C)=O)=CC2OC(C)=O)C(OC(C)=O)C1OC(C)=O. The Kier molecular flexibility index (Phi) is 12.1. The van der Waals surface area contributed by atoms with Gasteiger partial charge in [0.2, 0.25) is 0 Å². The summed E-state index contributed by atoms with van der Waals surface area (Å²) in [6.45, 7) is 6.11. The average Bonchev–Trinajstić information content (AvgIpc) is 2.81. The first-order valence-corrected chi connectivity index (χ1v) is 12.3. The van der Waals surface area contributed by atoms with Crippen molar-refractivity contribution >= 4 is 43.7 Å². The van der Waals surface area contributed by atoms with Gasteiger partial charge in [0.25, 0.3) is 0 Å². The van der Waals surface area contributed by atoms with Crippen molar-refractivity contribution in [2.75, 3.05) is 13.2 Å². The van der Waals surface area contributed by atoms with Crippen LogP contribution in [0.3, 0.4) is 0 Å². The van der Waals surface area contributed by atoms with Gasteiger partial charge in [0.1, 0.15) is 39.0 Å². The van der Waals surface area contributed by atoms with Crippen molar-refractivity contribution in [1.82, 2.24) is 0 Å². The van der Waals surface area contributed by atoms with Crippen molar-refractivity contribution in [1.29, 1.82) is 0 Å². The van der Waals surface area contributed by atoms with Gasteiger partial charge in [0, 0.05) is 47.6 Å². The lowest BCUT2D eigenvalue weighted by Gasteiger charge is -2.46. The van der Waals surface area contributed by atoms with Gasteiger partial charge in [-0.3, -0.25) is 28.8 Å². The predicted molar refractivity (Wildman–Crippen MR) is 131 cm³/mol. The van der Waals surface area contributed by atoms with Crippen molar-refractivity contribution in [3.05, 3.63) is 11.8 Å². The Bertz CT molecular complexity index is 1010. The molecule has 2 aliphatic heterocycles. The summed E-state index contributed by atoms with van der Waals surface area (Å²) in [4.78, 5) is 70.5. The van der Waals surface area contributed by atoms with Gasteiger partial charge in [-0.2, -0.15) is 0 Å². The third-order valence-electron chi connectivity index (χ3n) is 5.43. The Labute approximate surface area is 231 Å². The molecular weight excluding hydrogens is 539 g/mol. The van der Waals surface area contributed by atoms with E-state index in [9.17, 15) is 28.8 Å². The summed E-state index contributed by atoms with van der Waals surface area (Å²) >= 11 is 0. The Balaban J connectivity index is 2.53. The third-order valence-corrected chi connectivity index (χ3v) is 5.43. The number of hydrogen-bond donors (Lipinski definition) is 0. The summed E-state index contributed by atoms with van der Waals surface area (Å²) in [7, 11) is 1.56. The molecule has 2 rings (SSSR count). The second-order valence-corrected chi connectivity index (χ2v) is 8.96. The van der Waals surface area contributed by atoms with Crippen LogP contribution in [0.25, 0.3) is 0 Å². The monoisotopic (exact) mass is 572 g/mol. The van der Waals surface area contributed by atoms with E-state index in [1.165, 1.54) is 13.0 Å². The van der Waals surface area contributed by atoms with Gasteiger partial charge < -0.3 is 42.6 Å². The molecule has 0 aromatic rings. The summed E-state index contributed by atoms with van der Waals surface area (Å²) in [5, 5.41) is 0. The summed E-state index contributed by atoms with van der Waals surface area (Å²) in [6.07, 6.45) is -7.59. The highest BCUT2D eigenvalue weighted by Crippen LogP contribution is 2.32. The Morgan fingerprint density at radius 1 is 0.700 bits per heavy atom. The van der Waals surface area contributed by atoms with Crippen LogP contribution in [0.4, 0.5) is 0 Å². The zero-order valence-electron chi connectivity index (χ0n) is 23.2. The van der Waals surface area contributed by atoms with Crippen molar-refractivity contribution in [3.63, 3.8) is 0 Å². The maximum absolute atomic E-state index is 12.1. The third kappa shape index (κ3) is 9.91. The Morgan fingerprint density at radius 3 is 1.77 bits per heavy atom. The van der Waals surface area contributed by atoms with E-state index in [0.29, 0.717) is 0 Å². The zero-order chi connectivity index (χ0) is 30.1. The fraction of sp³-hybridized carbons (Fsp3) is 0.667. The lowest BCUT2D eigenvalue weighted by Crippen LogP contribution is -2.63. The highest BCUT2D eigenvalue weighted by Gasteiger charge is 2.51. The molecule has 40 heavy (non-hydrogen) atoms. The molecule has 15 nitrogen and oxygen atoms in total. The van der Waals surface area contributed by atoms with Crippen molar-refractivity contribution < 1.29 is 71.4 Å². The van der Waals surface area contributed by atoms with Gasteiger partial charge in [0.15, 0.2) is 30.7 Å². The van der Waals surface area contributed by atoms with E-state index in [2.05, 4.69) is 0 Å². The van der Waals surface area contributed by atoms with Crippen molar-refractivity contribution in [3.8, 4) is 0 Å². The maximum Gasteiger partial charge on any atom is 0.307 e. The zero-order valence-corrected chi connectivity index (χ0v) is 23.2. The minimum absolute atomic E-state index is 0.112. The van der Waals surface area contributed by atoms with E-state index >= 15 is 0 Å². The quantitative estimate of drug-likeness (QED) is 0.173. The van der Waals surface area contributed by atoms with Crippen molar-refractivity contribution in [2.24, 2.45) is 0 Å². The van der Waals surface area contributed by atoms with E-state index in [0.717, 1.165) is 34.6 Å². The normalized spacial score (nSPS) is 29.7. The van der Waals surface area contributed by atoms with E-state index < -0.39 is 91.3 Å². The Hall–Kier alpha value is -3.50. The summed E-state index contributed by atoms with van der Waals surface area (Å²) < 4.78 is 49.4. The van der Waals surface area contributed by atoms with E-state index in [1.54, 1.807) is 7.85 Å². The molecule has 222 valence electrons. The molecule has 0 saturated carbocycles. The molecule has 0 bridgehead atoms. The van der Waals surface area contributed by atoms with Crippen LogP contribution in [0.1, 0.15) is 41.5 Å². The van der Waals surface area contributed by atoms with Crippen LogP contribution in [0.2, 0.25) is 0 Å². The summed E-state index contributed by atoms with van der Waals surface area (Å²) in [5.41, 5.74) is 0. The van der Waals surface area contributed by atoms with Crippen LogP contribution >= 0.6 is 0 Å². The molecule has 16 heteroatoms. The van der Waals surface area contributed by atoms with Crippen LogP contribution in [0, 0.1) is 0 Å². The fourth-order valence-electron chi connectivity index (χ4n) is 4.06. The number of rotatable bonds is 10. The van der Waals surface area contributed by atoms with E-state index in [1.807, 2.05) is 0 Å². The van der Waals surface area contributed by atoms with Gasteiger partial charge in [-0.05, 0) is 0 Å². The van der Waals surface area contributed by atoms with Gasteiger partial charge in [-0.15, -0.1) is 0 Å². The van der Waals surface area contributed by atoms with Gasteiger partial charge in [-0.25, -0.2) is 0 Å². The van der Waals surface area contributed by atoms with E-state index in [-0.39, 0.29) is 12.4 Å². The minimum atomic E-state index is -1.48. The fourth-order valence-corrected chi connectivity index (χ4v) is 4.06. The van der Waals surface area contributed by atoms with Crippen LogP contribution < -0.4 is 0 Å². The molecule has 0 aromatic carbocycles. The largest absolute Gasteiger partial charge is 0.463 e. The smallest absolute Gasteiger partial charge is 0.307 e. The molecule has 8 atom stereocenters. The van der Waals surface area contributed by atoms with Crippen LogP contribution in [-0.2, 0) is 71.4 Å². The van der Waals surface area contributed by atoms with Crippen LogP contribution in [0.15, 0.2) is 11.8 Å². The second kappa shape index (κ2) is 14.8. The minimum Gasteiger partial charge on any atom is -0.463 e. The topological polar surface area (TPSA) is 185 Å². The van der Waals surface area contributed by atoms with Gasteiger partial charge >= 0.3 is 35.8 Å². The van der Waals surface area contributed by atoms with Crippen LogP contribution in [-0.4, -0.2) is 106 Å². The number of esters is 6. The molecule has 0 aliphatic carbocycles. The first-order valence-electron chi connectivity index (χ1n) is 12.3. The Morgan fingerprint density at radius 2 is 1.25 bits per heavy atom. The molecule has 0 aromatic heterocycles. The number of ether oxygens (including phenoxy) is 9. The maximum atomic E-state index is 12.1. The molecule has 1 saturated heterocycles. The highest BCUT2D eigenvalue weighted by molar-refractivity contribution is 6.11. The molecule has 0 N–H and O–H groups in total. The molecular formula is C24H33BO15. The highest BCUT2D eigenvalue weighted by atomic mass is 16.7. The number of carbonyl (C=O) groups excluding carboxylic acids is 6. The second-order valence-electron chi connectivity index (χ2n) is 8.96. The predicted octanol–water partition coefficient (Wildman–Crippen LogP) is -1.18. The molecule has 8 unspecified atom stereocenters. The number of hydrogen-bond acceptors (Lipinski definition) is 15. The molecule has 0 amide bonds. The molecule has 1 fully saturated rings. The van der Waals surface area contributed by atoms with Gasteiger partial charge in [-0.1, -0.05) is 0 Å². The van der Waals surface area contributed by atoms with Crippen LogP contribution in [0.5, 0.6) is 0 Å². The van der Waals surface area contributed by atoms with Gasteiger partial charge in [0.05, 0.1) is 6.00 Å². The average molecular weight is 572 g/mol. The first-order chi connectivity index (χ1) is 18.7. The van der Waals surface area contributed by atoms with E-state index in [4.69, 9.17) is 42.6 Å². The first kappa shape index (κ1) is 32.7.